The summed E-state index contributed by atoms with van der Waals surface area (Å²) in [6.45, 7) is 8.03. The lowest BCUT2D eigenvalue weighted by molar-refractivity contribution is 0.192. The zero-order chi connectivity index (χ0) is 14.5. The van der Waals surface area contributed by atoms with E-state index in [4.69, 9.17) is 0 Å². The van der Waals surface area contributed by atoms with Crippen LogP contribution in [-0.2, 0) is 6.42 Å². The number of urea groups is 1. The number of benzene rings is 1. The van der Waals surface area contributed by atoms with Gasteiger partial charge < -0.3 is 10.2 Å². The van der Waals surface area contributed by atoms with Gasteiger partial charge in [-0.2, -0.15) is 0 Å². The molecule has 1 atom stereocenters. The van der Waals surface area contributed by atoms with E-state index in [1.165, 1.54) is 16.7 Å². The molecule has 1 saturated heterocycles. The van der Waals surface area contributed by atoms with Crippen LogP contribution in [0.5, 0.6) is 0 Å². The molecule has 1 fully saturated rings. The second-order valence-electron chi connectivity index (χ2n) is 5.86. The fourth-order valence-electron chi connectivity index (χ4n) is 2.92. The van der Waals surface area contributed by atoms with Crippen molar-refractivity contribution in [2.24, 2.45) is 0 Å². The summed E-state index contributed by atoms with van der Waals surface area (Å²) in [5, 5.41) is 3.00. The SMILES string of the molecule is CCCNC(=O)N1CCCC1Cc1cc(C)ccc1C. The van der Waals surface area contributed by atoms with Crippen LogP contribution in [0.15, 0.2) is 18.2 Å². The highest BCUT2D eigenvalue weighted by Crippen LogP contribution is 2.23. The van der Waals surface area contributed by atoms with Crippen LogP contribution in [0.3, 0.4) is 0 Å². The molecule has 1 aromatic carbocycles. The number of carbonyl (C=O) groups is 1. The summed E-state index contributed by atoms with van der Waals surface area (Å²) in [7, 11) is 0. The Morgan fingerprint density at radius 3 is 2.95 bits per heavy atom. The quantitative estimate of drug-likeness (QED) is 0.896. The van der Waals surface area contributed by atoms with Crippen LogP contribution < -0.4 is 5.32 Å². The highest BCUT2D eigenvalue weighted by molar-refractivity contribution is 5.74. The van der Waals surface area contributed by atoms with Crippen molar-refractivity contribution in [1.29, 1.82) is 0 Å². The van der Waals surface area contributed by atoms with Crippen molar-refractivity contribution in [3.05, 3.63) is 34.9 Å². The molecule has 1 aliphatic heterocycles. The molecule has 0 saturated carbocycles. The Labute approximate surface area is 122 Å². The maximum absolute atomic E-state index is 12.2. The van der Waals surface area contributed by atoms with E-state index in [0.29, 0.717) is 6.04 Å². The van der Waals surface area contributed by atoms with Crippen LogP contribution in [0.4, 0.5) is 4.79 Å². The molecule has 1 heterocycles. The number of hydrogen-bond donors (Lipinski definition) is 1. The van der Waals surface area contributed by atoms with Gasteiger partial charge in [-0.15, -0.1) is 0 Å². The van der Waals surface area contributed by atoms with Crippen LogP contribution in [0.2, 0.25) is 0 Å². The van der Waals surface area contributed by atoms with Crippen molar-refractivity contribution in [2.45, 2.75) is 52.5 Å². The average molecular weight is 274 g/mol. The zero-order valence-corrected chi connectivity index (χ0v) is 12.9. The number of nitrogens with one attached hydrogen (secondary N) is 1. The monoisotopic (exact) mass is 274 g/mol. The van der Waals surface area contributed by atoms with E-state index in [1.54, 1.807) is 0 Å². The maximum Gasteiger partial charge on any atom is 0.317 e. The van der Waals surface area contributed by atoms with E-state index < -0.39 is 0 Å². The summed E-state index contributed by atoms with van der Waals surface area (Å²) in [6.07, 6.45) is 4.20. The first-order chi connectivity index (χ1) is 9.61. The summed E-state index contributed by atoms with van der Waals surface area (Å²) in [5.74, 6) is 0. The van der Waals surface area contributed by atoms with Crippen LogP contribution in [0.1, 0.15) is 42.9 Å². The summed E-state index contributed by atoms with van der Waals surface area (Å²) in [5.41, 5.74) is 4.01. The van der Waals surface area contributed by atoms with E-state index in [-0.39, 0.29) is 6.03 Å². The van der Waals surface area contributed by atoms with Gasteiger partial charge in [0, 0.05) is 19.1 Å². The van der Waals surface area contributed by atoms with Crippen molar-refractivity contribution in [1.82, 2.24) is 10.2 Å². The first-order valence-electron chi connectivity index (χ1n) is 7.72. The van der Waals surface area contributed by atoms with Crippen molar-refractivity contribution in [3.63, 3.8) is 0 Å². The standard InChI is InChI=1S/C17H26N2O/c1-4-9-18-17(20)19-10-5-6-16(19)12-15-11-13(2)7-8-14(15)3/h7-8,11,16H,4-6,9-10,12H2,1-3H3,(H,18,20). The lowest BCUT2D eigenvalue weighted by Gasteiger charge is -2.25. The van der Waals surface area contributed by atoms with Crippen LogP contribution in [-0.4, -0.2) is 30.1 Å². The molecule has 0 bridgehead atoms. The Morgan fingerprint density at radius 2 is 2.20 bits per heavy atom. The van der Waals surface area contributed by atoms with Gasteiger partial charge in [0.1, 0.15) is 0 Å². The predicted octanol–water partition coefficient (Wildman–Crippen LogP) is 3.43. The predicted molar refractivity (Wildman–Crippen MR) is 83.0 cm³/mol. The molecule has 3 heteroatoms. The number of nitrogens with zero attached hydrogens (tertiary/aromatic N) is 1. The summed E-state index contributed by atoms with van der Waals surface area (Å²) in [6, 6.07) is 7.06. The third-order valence-electron chi connectivity index (χ3n) is 4.12. The third kappa shape index (κ3) is 3.53. The van der Waals surface area contributed by atoms with Gasteiger partial charge in [0.2, 0.25) is 0 Å². The minimum absolute atomic E-state index is 0.111. The average Bonchev–Trinajstić information content (AvgIpc) is 2.88. The number of aryl methyl sites for hydroxylation is 2. The molecular formula is C17H26N2O. The largest absolute Gasteiger partial charge is 0.338 e. The number of amides is 2. The third-order valence-corrected chi connectivity index (χ3v) is 4.12. The highest BCUT2D eigenvalue weighted by Gasteiger charge is 2.28. The Balaban J connectivity index is 2.04. The maximum atomic E-state index is 12.2. The zero-order valence-electron chi connectivity index (χ0n) is 12.9. The van der Waals surface area contributed by atoms with Gasteiger partial charge >= 0.3 is 6.03 Å². The molecule has 1 aromatic rings. The summed E-state index contributed by atoms with van der Waals surface area (Å²) in [4.78, 5) is 14.2. The minimum atomic E-state index is 0.111. The van der Waals surface area contributed by atoms with Crippen LogP contribution in [0, 0.1) is 13.8 Å². The second-order valence-corrected chi connectivity index (χ2v) is 5.86. The van der Waals surface area contributed by atoms with Gasteiger partial charge in [0.25, 0.3) is 0 Å². The number of likely N-dealkylation sites (tertiary alicyclic amines) is 1. The smallest absolute Gasteiger partial charge is 0.317 e. The lowest BCUT2D eigenvalue weighted by Crippen LogP contribution is -2.43. The first-order valence-corrected chi connectivity index (χ1v) is 7.72. The molecule has 0 aliphatic carbocycles. The Hall–Kier alpha value is -1.51. The molecule has 1 N–H and O–H groups in total. The van der Waals surface area contributed by atoms with Crippen molar-refractivity contribution < 1.29 is 4.79 Å². The Kier molecular flexibility index (Phi) is 5.05. The van der Waals surface area contributed by atoms with E-state index in [9.17, 15) is 4.79 Å². The minimum Gasteiger partial charge on any atom is -0.338 e. The van der Waals surface area contributed by atoms with Crippen molar-refractivity contribution >= 4 is 6.03 Å². The summed E-state index contributed by atoms with van der Waals surface area (Å²) < 4.78 is 0. The van der Waals surface area contributed by atoms with Gasteiger partial charge in [-0.1, -0.05) is 30.7 Å². The number of hydrogen-bond acceptors (Lipinski definition) is 1. The molecule has 2 amide bonds. The van der Waals surface area contributed by atoms with Crippen LogP contribution >= 0.6 is 0 Å². The van der Waals surface area contributed by atoms with Gasteiger partial charge in [-0.3, -0.25) is 0 Å². The topological polar surface area (TPSA) is 32.3 Å². The van der Waals surface area contributed by atoms with Crippen molar-refractivity contribution in [2.75, 3.05) is 13.1 Å². The van der Waals surface area contributed by atoms with E-state index in [1.807, 2.05) is 4.90 Å². The van der Waals surface area contributed by atoms with Gasteiger partial charge in [0.05, 0.1) is 0 Å². The Bertz CT molecular complexity index is 470. The fraction of sp³-hybridized carbons (Fsp3) is 0.588. The summed E-state index contributed by atoms with van der Waals surface area (Å²) >= 11 is 0. The molecule has 0 aromatic heterocycles. The second kappa shape index (κ2) is 6.78. The molecule has 110 valence electrons. The van der Waals surface area contributed by atoms with Crippen LogP contribution in [0.25, 0.3) is 0 Å². The van der Waals surface area contributed by atoms with E-state index in [0.717, 1.165) is 38.8 Å². The van der Waals surface area contributed by atoms with Gasteiger partial charge in [0.15, 0.2) is 0 Å². The van der Waals surface area contributed by atoms with Gasteiger partial charge in [-0.05, 0) is 50.7 Å². The molecule has 0 spiro atoms. The van der Waals surface area contributed by atoms with Crippen molar-refractivity contribution in [3.8, 4) is 0 Å². The molecule has 2 rings (SSSR count). The first kappa shape index (κ1) is 14.9. The van der Waals surface area contributed by atoms with E-state index >= 15 is 0 Å². The number of rotatable bonds is 4. The molecular weight excluding hydrogens is 248 g/mol. The molecule has 1 aliphatic rings. The molecule has 3 nitrogen and oxygen atoms in total. The number of carbonyl (C=O) groups excluding carboxylic acids is 1. The Morgan fingerprint density at radius 1 is 1.40 bits per heavy atom. The van der Waals surface area contributed by atoms with Gasteiger partial charge in [-0.25, -0.2) is 4.79 Å². The molecule has 20 heavy (non-hydrogen) atoms. The fourth-order valence-corrected chi connectivity index (χ4v) is 2.92. The molecule has 1 unspecified atom stereocenters. The lowest BCUT2D eigenvalue weighted by atomic mass is 9.98. The molecule has 0 radical (unpaired) electrons. The van der Waals surface area contributed by atoms with E-state index in [2.05, 4.69) is 44.3 Å². The highest BCUT2D eigenvalue weighted by atomic mass is 16.2. The normalized spacial score (nSPS) is 18.4.